The molecule has 3 aliphatic rings. The highest BCUT2D eigenvalue weighted by molar-refractivity contribution is 7.99. The van der Waals surface area contributed by atoms with Crippen LogP contribution in [0.25, 0.3) is 0 Å². The molecule has 3 fully saturated rings. The van der Waals surface area contributed by atoms with E-state index < -0.39 is 0 Å². The van der Waals surface area contributed by atoms with Gasteiger partial charge in [0.2, 0.25) is 0 Å². The Morgan fingerprint density at radius 1 is 1.33 bits per heavy atom. The van der Waals surface area contributed by atoms with Crippen molar-refractivity contribution in [1.29, 1.82) is 0 Å². The number of hydrogen-bond acceptors (Lipinski definition) is 6. The summed E-state index contributed by atoms with van der Waals surface area (Å²) in [5, 5.41) is 0.873. The van der Waals surface area contributed by atoms with Crippen LogP contribution in [0.3, 0.4) is 0 Å². The normalized spacial score (nSPS) is 28.0. The Morgan fingerprint density at radius 2 is 2.14 bits per heavy atom. The molecule has 0 amide bonds. The maximum absolute atomic E-state index is 12.8. The lowest BCUT2D eigenvalue weighted by molar-refractivity contribution is 0.0413. The molecule has 6 heteroatoms. The number of rotatable bonds is 7. The van der Waals surface area contributed by atoms with Gasteiger partial charge in [-0.05, 0) is 44.0 Å². The molecular weight excluding hydrogens is 302 g/mol. The number of thioether (sulfide) groups is 1. The lowest BCUT2D eigenvalue weighted by atomic mass is 9.76. The average molecular weight is 326 g/mol. The Bertz CT molecular complexity index is 483. The van der Waals surface area contributed by atoms with Gasteiger partial charge in [-0.1, -0.05) is 19.8 Å². The number of carbonyl (C=O) groups excluding carboxylic acids is 1. The lowest BCUT2D eigenvalue weighted by Crippen LogP contribution is -2.50. The Balaban J connectivity index is 1.63. The SMILES string of the molecule is CCCCCSc1nsnc1C(=O)C1CN2CCC1CC2. The number of carbonyl (C=O) groups is 1. The van der Waals surface area contributed by atoms with Crippen molar-refractivity contribution < 1.29 is 4.79 Å². The quantitative estimate of drug-likeness (QED) is 0.437. The van der Waals surface area contributed by atoms with Crippen LogP contribution in [-0.4, -0.2) is 44.8 Å². The molecule has 3 saturated heterocycles. The topological polar surface area (TPSA) is 46.1 Å². The molecule has 1 atom stereocenters. The molecule has 4 nitrogen and oxygen atoms in total. The van der Waals surface area contributed by atoms with Crippen molar-refractivity contribution in [3.05, 3.63) is 5.69 Å². The van der Waals surface area contributed by atoms with Crippen molar-refractivity contribution in [3.8, 4) is 0 Å². The first kappa shape index (κ1) is 15.4. The highest BCUT2D eigenvalue weighted by Gasteiger charge is 2.40. The second kappa shape index (κ2) is 7.20. The first-order valence-corrected chi connectivity index (χ1v) is 9.73. The van der Waals surface area contributed by atoms with Gasteiger partial charge in [0.1, 0.15) is 5.03 Å². The van der Waals surface area contributed by atoms with Crippen LogP contribution in [0.15, 0.2) is 5.03 Å². The van der Waals surface area contributed by atoms with Crippen molar-refractivity contribution in [3.63, 3.8) is 0 Å². The van der Waals surface area contributed by atoms with Gasteiger partial charge in [-0.25, -0.2) is 0 Å². The summed E-state index contributed by atoms with van der Waals surface area (Å²) >= 11 is 2.90. The predicted molar refractivity (Wildman–Crippen MR) is 87.1 cm³/mol. The largest absolute Gasteiger partial charge is 0.303 e. The minimum absolute atomic E-state index is 0.159. The third kappa shape index (κ3) is 3.48. The number of aromatic nitrogens is 2. The van der Waals surface area contributed by atoms with E-state index in [1.807, 2.05) is 0 Å². The molecule has 0 aromatic carbocycles. The number of fused-ring (bicyclic) bond motifs is 3. The minimum Gasteiger partial charge on any atom is -0.303 e. The van der Waals surface area contributed by atoms with Crippen LogP contribution >= 0.6 is 23.5 Å². The number of hydrogen-bond donors (Lipinski definition) is 0. The number of nitrogens with zero attached hydrogens (tertiary/aromatic N) is 3. The van der Waals surface area contributed by atoms with Gasteiger partial charge in [0.25, 0.3) is 0 Å². The minimum atomic E-state index is 0.159. The van der Waals surface area contributed by atoms with E-state index in [1.54, 1.807) is 11.8 Å². The molecule has 1 aromatic heterocycles. The fourth-order valence-electron chi connectivity index (χ4n) is 3.38. The smallest absolute Gasteiger partial charge is 0.189 e. The summed E-state index contributed by atoms with van der Waals surface area (Å²) in [7, 11) is 0. The Labute approximate surface area is 135 Å². The second-order valence-electron chi connectivity index (χ2n) is 6.08. The van der Waals surface area contributed by atoms with Gasteiger partial charge in [0.15, 0.2) is 11.5 Å². The fourth-order valence-corrected chi connectivity index (χ4v) is 5.04. The van der Waals surface area contributed by atoms with E-state index >= 15 is 0 Å². The van der Waals surface area contributed by atoms with Crippen LogP contribution in [0.2, 0.25) is 0 Å². The first-order valence-electron chi connectivity index (χ1n) is 8.01. The zero-order valence-corrected chi connectivity index (χ0v) is 14.2. The zero-order valence-electron chi connectivity index (χ0n) is 12.6. The van der Waals surface area contributed by atoms with E-state index in [0.29, 0.717) is 11.6 Å². The first-order chi connectivity index (χ1) is 10.3. The summed E-state index contributed by atoms with van der Waals surface area (Å²) in [6, 6.07) is 0. The third-order valence-corrected chi connectivity index (χ3v) is 6.37. The van der Waals surface area contributed by atoms with E-state index in [4.69, 9.17) is 0 Å². The summed E-state index contributed by atoms with van der Waals surface area (Å²) in [5.74, 6) is 2.02. The monoisotopic (exact) mass is 325 g/mol. The van der Waals surface area contributed by atoms with Crippen LogP contribution < -0.4 is 0 Å². The van der Waals surface area contributed by atoms with Crippen LogP contribution in [0, 0.1) is 11.8 Å². The van der Waals surface area contributed by atoms with Gasteiger partial charge in [0.05, 0.1) is 11.7 Å². The lowest BCUT2D eigenvalue weighted by Gasteiger charge is -2.43. The van der Waals surface area contributed by atoms with Gasteiger partial charge in [-0.2, -0.15) is 8.75 Å². The summed E-state index contributed by atoms with van der Waals surface area (Å²) in [6.07, 6.45) is 6.00. The summed E-state index contributed by atoms with van der Waals surface area (Å²) < 4.78 is 8.67. The maximum atomic E-state index is 12.8. The molecule has 4 rings (SSSR count). The molecule has 1 unspecified atom stereocenters. The summed E-state index contributed by atoms with van der Waals surface area (Å²) in [5.41, 5.74) is 0.653. The van der Waals surface area contributed by atoms with Crippen molar-refractivity contribution in [1.82, 2.24) is 13.6 Å². The second-order valence-corrected chi connectivity index (χ2v) is 7.69. The van der Waals surface area contributed by atoms with Crippen molar-refractivity contribution in [2.75, 3.05) is 25.4 Å². The zero-order chi connectivity index (χ0) is 14.7. The molecule has 0 spiro atoms. The van der Waals surface area contributed by atoms with Crippen LogP contribution in [0.4, 0.5) is 0 Å². The Hall–Kier alpha value is -0.460. The van der Waals surface area contributed by atoms with Gasteiger partial charge >= 0.3 is 0 Å². The van der Waals surface area contributed by atoms with E-state index in [9.17, 15) is 4.79 Å². The van der Waals surface area contributed by atoms with Gasteiger partial charge in [0, 0.05) is 12.5 Å². The number of ketones is 1. The number of Topliss-reactive ketones (excluding diaryl/α,β-unsaturated/α-hetero) is 1. The van der Waals surface area contributed by atoms with E-state index in [2.05, 4.69) is 20.6 Å². The van der Waals surface area contributed by atoms with Crippen molar-refractivity contribution in [2.24, 2.45) is 11.8 Å². The third-order valence-electron chi connectivity index (χ3n) is 4.67. The predicted octanol–water partition coefficient (Wildman–Crippen LogP) is 3.34. The number of piperidine rings is 3. The Morgan fingerprint density at radius 3 is 2.81 bits per heavy atom. The van der Waals surface area contributed by atoms with E-state index in [1.165, 1.54) is 56.9 Å². The molecule has 0 saturated carbocycles. The molecule has 21 heavy (non-hydrogen) atoms. The number of unbranched alkanes of at least 4 members (excludes halogenated alkanes) is 2. The van der Waals surface area contributed by atoms with E-state index in [-0.39, 0.29) is 11.7 Å². The Kier molecular flexibility index (Phi) is 5.29. The van der Waals surface area contributed by atoms with Crippen LogP contribution in [-0.2, 0) is 0 Å². The van der Waals surface area contributed by atoms with Gasteiger partial charge < -0.3 is 4.90 Å². The average Bonchev–Trinajstić information content (AvgIpc) is 3.00. The molecule has 2 bridgehead atoms. The molecule has 116 valence electrons. The maximum Gasteiger partial charge on any atom is 0.189 e. The summed E-state index contributed by atoms with van der Waals surface area (Å²) in [4.78, 5) is 15.3. The highest BCUT2D eigenvalue weighted by atomic mass is 32.2. The standard InChI is InChI=1S/C15H23N3OS2/c1-2-3-4-9-20-15-13(16-21-17-15)14(19)12-10-18-7-5-11(12)6-8-18/h11-12H,2-10H2,1H3. The molecule has 4 heterocycles. The van der Waals surface area contributed by atoms with Crippen LogP contribution in [0.1, 0.15) is 49.5 Å². The van der Waals surface area contributed by atoms with Gasteiger partial charge in [-0.15, -0.1) is 11.8 Å². The molecular formula is C15H23N3OS2. The van der Waals surface area contributed by atoms with Crippen LogP contribution in [0.5, 0.6) is 0 Å². The van der Waals surface area contributed by atoms with Crippen molar-refractivity contribution in [2.45, 2.75) is 44.1 Å². The molecule has 0 aliphatic carbocycles. The molecule has 0 N–H and O–H groups in total. The fraction of sp³-hybridized carbons (Fsp3) is 0.800. The van der Waals surface area contributed by atoms with Crippen molar-refractivity contribution >= 4 is 29.3 Å². The summed E-state index contributed by atoms with van der Waals surface area (Å²) in [6.45, 7) is 5.48. The highest BCUT2D eigenvalue weighted by Crippen LogP contribution is 2.35. The van der Waals surface area contributed by atoms with E-state index in [0.717, 1.165) is 17.3 Å². The van der Waals surface area contributed by atoms with Gasteiger partial charge in [-0.3, -0.25) is 4.79 Å². The molecule has 3 aliphatic heterocycles. The molecule has 0 radical (unpaired) electrons. The molecule has 1 aromatic rings.